The van der Waals surface area contributed by atoms with Crippen molar-refractivity contribution < 1.29 is 17.9 Å². The predicted octanol–water partition coefficient (Wildman–Crippen LogP) is 4.16. The van der Waals surface area contributed by atoms with Crippen molar-refractivity contribution in [3.8, 4) is 0 Å². The topological polar surface area (TPSA) is 72.5 Å². The van der Waals surface area contributed by atoms with Crippen molar-refractivity contribution >= 4 is 16.0 Å². The molecule has 5 nitrogen and oxygen atoms in total. The van der Waals surface area contributed by atoms with Gasteiger partial charge in [0, 0.05) is 0 Å². The summed E-state index contributed by atoms with van der Waals surface area (Å²) in [7, 11) is -2.64. The summed E-state index contributed by atoms with van der Waals surface area (Å²) in [4.78, 5) is 12.0. The van der Waals surface area contributed by atoms with Crippen molar-refractivity contribution in [2.45, 2.75) is 24.8 Å². The van der Waals surface area contributed by atoms with E-state index in [9.17, 15) is 13.2 Å². The first-order chi connectivity index (χ1) is 13.8. The van der Waals surface area contributed by atoms with Crippen LogP contribution in [0.1, 0.15) is 38.7 Å². The van der Waals surface area contributed by atoms with E-state index in [0.717, 1.165) is 16.7 Å². The third kappa shape index (κ3) is 4.55. The van der Waals surface area contributed by atoms with Gasteiger partial charge in [-0.25, -0.2) is 13.2 Å². The molecule has 0 fully saturated rings. The lowest BCUT2D eigenvalue weighted by Crippen LogP contribution is -2.30. The van der Waals surface area contributed by atoms with Crippen LogP contribution in [-0.4, -0.2) is 21.5 Å². The molecule has 3 aromatic carbocycles. The van der Waals surface area contributed by atoms with Crippen molar-refractivity contribution in [1.82, 2.24) is 4.72 Å². The van der Waals surface area contributed by atoms with Gasteiger partial charge in [0.1, 0.15) is 0 Å². The van der Waals surface area contributed by atoms with Gasteiger partial charge in [-0.1, -0.05) is 60.7 Å². The van der Waals surface area contributed by atoms with Crippen LogP contribution in [0.3, 0.4) is 0 Å². The standard InChI is InChI=1S/C23H23NO4S/c1-16-9-7-8-12-20(16)22(18-10-5-4-6-11-18)24-29(26,27)19-14-13-17(2)21(15-19)23(25)28-3/h4-15,22,24H,1-3H3/t22-/m1/s1. The van der Waals surface area contributed by atoms with Crippen molar-refractivity contribution in [2.24, 2.45) is 0 Å². The summed E-state index contributed by atoms with van der Waals surface area (Å²) >= 11 is 0. The van der Waals surface area contributed by atoms with Crippen LogP contribution in [0.25, 0.3) is 0 Å². The second-order valence-electron chi connectivity index (χ2n) is 6.79. The number of rotatable bonds is 6. The molecule has 0 saturated heterocycles. The Morgan fingerprint density at radius 2 is 1.55 bits per heavy atom. The molecule has 0 spiro atoms. The monoisotopic (exact) mass is 409 g/mol. The molecule has 0 amide bonds. The summed E-state index contributed by atoms with van der Waals surface area (Å²) in [6, 6.07) is 20.9. The highest BCUT2D eigenvalue weighted by molar-refractivity contribution is 7.89. The van der Waals surface area contributed by atoms with Gasteiger partial charge < -0.3 is 4.74 Å². The molecule has 1 atom stereocenters. The van der Waals surface area contributed by atoms with E-state index in [1.54, 1.807) is 13.0 Å². The summed E-state index contributed by atoms with van der Waals surface area (Å²) in [6.45, 7) is 3.68. The van der Waals surface area contributed by atoms with E-state index in [0.29, 0.717) is 5.56 Å². The van der Waals surface area contributed by atoms with E-state index >= 15 is 0 Å². The Morgan fingerprint density at radius 3 is 2.21 bits per heavy atom. The Balaban J connectivity index is 2.06. The van der Waals surface area contributed by atoms with Crippen molar-refractivity contribution in [3.63, 3.8) is 0 Å². The zero-order valence-corrected chi connectivity index (χ0v) is 17.4. The molecule has 3 rings (SSSR count). The first kappa shape index (κ1) is 20.8. The molecule has 0 saturated carbocycles. The first-order valence-corrected chi connectivity index (χ1v) is 10.6. The number of carbonyl (C=O) groups is 1. The van der Waals surface area contributed by atoms with Gasteiger partial charge in [0.2, 0.25) is 10.0 Å². The minimum atomic E-state index is -3.91. The Kier molecular flexibility index (Phi) is 6.15. The summed E-state index contributed by atoms with van der Waals surface area (Å²) in [5.41, 5.74) is 3.54. The van der Waals surface area contributed by atoms with Crippen molar-refractivity contribution in [1.29, 1.82) is 0 Å². The van der Waals surface area contributed by atoms with Crippen LogP contribution >= 0.6 is 0 Å². The van der Waals surface area contributed by atoms with Gasteiger partial charge in [-0.05, 0) is 48.2 Å². The summed E-state index contributed by atoms with van der Waals surface area (Å²) in [5, 5.41) is 0. The molecule has 0 heterocycles. The molecule has 3 aromatic rings. The minimum Gasteiger partial charge on any atom is -0.465 e. The van der Waals surface area contributed by atoms with Crippen LogP contribution in [0, 0.1) is 13.8 Å². The average Bonchev–Trinajstić information content (AvgIpc) is 2.73. The maximum atomic E-state index is 13.2. The van der Waals surface area contributed by atoms with E-state index in [4.69, 9.17) is 4.74 Å². The summed E-state index contributed by atoms with van der Waals surface area (Å²) in [6.07, 6.45) is 0. The van der Waals surface area contributed by atoms with Crippen LogP contribution < -0.4 is 4.72 Å². The molecule has 0 aliphatic carbocycles. The number of nitrogens with one attached hydrogen (secondary N) is 1. The highest BCUT2D eigenvalue weighted by Gasteiger charge is 2.25. The second kappa shape index (κ2) is 8.59. The number of benzene rings is 3. The molecule has 29 heavy (non-hydrogen) atoms. The molecule has 6 heteroatoms. The minimum absolute atomic E-state index is 0.0121. The Morgan fingerprint density at radius 1 is 0.897 bits per heavy atom. The molecule has 150 valence electrons. The van der Waals surface area contributed by atoms with Gasteiger partial charge in [0.05, 0.1) is 23.6 Å². The third-order valence-corrected chi connectivity index (χ3v) is 6.25. The highest BCUT2D eigenvalue weighted by atomic mass is 32.2. The zero-order chi connectivity index (χ0) is 21.0. The normalized spacial score (nSPS) is 12.4. The van der Waals surface area contributed by atoms with Gasteiger partial charge in [0.25, 0.3) is 0 Å². The van der Waals surface area contributed by atoms with Crippen LogP contribution in [0.4, 0.5) is 0 Å². The van der Waals surface area contributed by atoms with E-state index < -0.39 is 22.0 Å². The van der Waals surface area contributed by atoms with Crippen LogP contribution in [-0.2, 0) is 14.8 Å². The Labute approximate surface area is 171 Å². The van der Waals surface area contributed by atoms with Crippen LogP contribution in [0.15, 0.2) is 77.7 Å². The fourth-order valence-electron chi connectivity index (χ4n) is 3.19. The van der Waals surface area contributed by atoms with Gasteiger partial charge in [0.15, 0.2) is 0 Å². The van der Waals surface area contributed by atoms with Gasteiger partial charge in [-0.3, -0.25) is 0 Å². The number of methoxy groups -OCH3 is 1. The quantitative estimate of drug-likeness (QED) is 0.621. The number of hydrogen-bond acceptors (Lipinski definition) is 4. The second-order valence-corrected chi connectivity index (χ2v) is 8.50. The molecule has 0 aliphatic rings. The number of hydrogen-bond donors (Lipinski definition) is 1. The largest absolute Gasteiger partial charge is 0.465 e. The molecule has 0 unspecified atom stereocenters. The number of ether oxygens (including phenoxy) is 1. The molecular formula is C23H23NO4S. The highest BCUT2D eigenvalue weighted by Crippen LogP contribution is 2.27. The Bertz CT molecular complexity index is 1120. The number of esters is 1. The molecule has 0 aromatic heterocycles. The van der Waals surface area contributed by atoms with E-state index in [1.165, 1.54) is 19.2 Å². The smallest absolute Gasteiger partial charge is 0.338 e. The first-order valence-electron chi connectivity index (χ1n) is 9.15. The summed E-state index contributed by atoms with van der Waals surface area (Å²) < 4.78 is 34.0. The lowest BCUT2D eigenvalue weighted by atomic mass is 9.96. The van der Waals surface area contributed by atoms with Gasteiger partial charge in [-0.2, -0.15) is 4.72 Å². The molecule has 0 radical (unpaired) electrons. The van der Waals surface area contributed by atoms with Crippen molar-refractivity contribution in [3.05, 3.63) is 101 Å². The van der Waals surface area contributed by atoms with E-state index in [1.807, 2.05) is 61.5 Å². The maximum absolute atomic E-state index is 13.2. The average molecular weight is 410 g/mol. The van der Waals surface area contributed by atoms with E-state index in [2.05, 4.69) is 4.72 Å². The predicted molar refractivity (Wildman–Crippen MR) is 112 cm³/mol. The molecular weight excluding hydrogens is 386 g/mol. The maximum Gasteiger partial charge on any atom is 0.338 e. The Hall–Kier alpha value is -2.96. The molecule has 0 bridgehead atoms. The van der Waals surface area contributed by atoms with Crippen LogP contribution in [0.5, 0.6) is 0 Å². The van der Waals surface area contributed by atoms with Gasteiger partial charge in [-0.15, -0.1) is 0 Å². The molecule has 0 aliphatic heterocycles. The number of sulfonamides is 1. The van der Waals surface area contributed by atoms with Crippen LogP contribution in [0.2, 0.25) is 0 Å². The summed E-state index contributed by atoms with van der Waals surface area (Å²) in [5.74, 6) is -0.571. The van der Waals surface area contributed by atoms with Crippen molar-refractivity contribution in [2.75, 3.05) is 7.11 Å². The zero-order valence-electron chi connectivity index (χ0n) is 16.5. The lowest BCUT2D eigenvalue weighted by Gasteiger charge is -2.22. The number of carbonyl (C=O) groups excluding carboxylic acids is 1. The SMILES string of the molecule is COC(=O)c1cc(S(=O)(=O)N[C@H](c2ccccc2)c2ccccc2C)ccc1C. The fourth-order valence-corrected chi connectivity index (χ4v) is 4.42. The fraction of sp³-hybridized carbons (Fsp3) is 0.174. The van der Waals surface area contributed by atoms with Gasteiger partial charge >= 0.3 is 5.97 Å². The number of aryl methyl sites for hydroxylation is 2. The third-order valence-electron chi connectivity index (χ3n) is 4.83. The molecule has 1 N–H and O–H groups in total. The van der Waals surface area contributed by atoms with E-state index in [-0.39, 0.29) is 10.5 Å². The lowest BCUT2D eigenvalue weighted by molar-refractivity contribution is 0.0599.